The average Bonchev–Trinajstić information content (AvgIpc) is 2.62. The largest absolute Gasteiger partial charge is 0.356 e. The van der Waals surface area contributed by atoms with Gasteiger partial charge in [0.15, 0.2) is 0 Å². The second-order valence-electron chi connectivity index (χ2n) is 6.77. The minimum atomic E-state index is -0.583. The summed E-state index contributed by atoms with van der Waals surface area (Å²) in [7, 11) is 0. The first-order chi connectivity index (χ1) is 12.9. The number of nitrogens with one attached hydrogen (secondary N) is 2. The highest BCUT2D eigenvalue weighted by Crippen LogP contribution is 2.27. The summed E-state index contributed by atoms with van der Waals surface area (Å²) in [6, 6.07) is 4.18. The Hall–Kier alpha value is -2.19. The Morgan fingerprint density at radius 2 is 2.15 bits per heavy atom. The third-order valence-corrected chi connectivity index (χ3v) is 4.78. The van der Waals surface area contributed by atoms with Gasteiger partial charge in [0.05, 0.1) is 11.5 Å². The predicted molar refractivity (Wildman–Crippen MR) is 104 cm³/mol. The fourth-order valence-electron chi connectivity index (χ4n) is 3.17. The van der Waals surface area contributed by atoms with Gasteiger partial charge in [-0.05, 0) is 43.9 Å². The van der Waals surface area contributed by atoms with E-state index in [1.54, 1.807) is 0 Å². The quantitative estimate of drug-likeness (QED) is 0.519. The van der Waals surface area contributed by atoms with Crippen LogP contribution in [0.25, 0.3) is 0 Å². The Labute approximate surface area is 163 Å². The van der Waals surface area contributed by atoms with Gasteiger partial charge in [0.1, 0.15) is 5.02 Å². The SMILES string of the molecule is CCCC(=O)NCC1CCCN(CC(=O)Nc2ccc(Cl)c([N+](=O)[O-])c2)C1. The van der Waals surface area contributed by atoms with E-state index >= 15 is 0 Å². The molecule has 1 aromatic carbocycles. The topological polar surface area (TPSA) is 105 Å². The molecule has 1 unspecified atom stereocenters. The molecular weight excluding hydrogens is 372 g/mol. The number of carbonyl (C=O) groups is 2. The molecule has 0 bridgehead atoms. The molecule has 1 fully saturated rings. The first-order valence-corrected chi connectivity index (χ1v) is 9.49. The van der Waals surface area contributed by atoms with Crippen LogP contribution in [0.1, 0.15) is 32.6 Å². The lowest BCUT2D eigenvalue weighted by molar-refractivity contribution is -0.384. The molecule has 8 nitrogen and oxygen atoms in total. The molecule has 9 heteroatoms. The van der Waals surface area contributed by atoms with Crippen molar-refractivity contribution in [2.24, 2.45) is 5.92 Å². The molecule has 1 aliphatic rings. The third kappa shape index (κ3) is 6.80. The van der Waals surface area contributed by atoms with Crippen molar-refractivity contribution in [1.29, 1.82) is 0 Å². The van der Waals surface area contributed by atoms with Gasteiger partial charge < -0.3 is 10.6 Å². The van der Waals surface area contributed by atoms with Gasteiger partial charge in [-0.2, -0.15) is 0 Å². The molecule has 0 aliphatic carbocycles. The first kappa shape index (κ1) is 21.1. The van der Waals surface area contributed by atoms with Crippen molar-refractivity contribution in [3.63, 3.8) is 0 Å². The number of nitro groups is 1. The summed E-state index contributed by atoms with van der Waals surface area (Å²) in [6.07, 6.45) is 3.35. The summed E-state index contributed by atoms with van der Waals surface area (Å²) in [5.74, 6) is 0.156. The number of nitrogens with zero attached hydrogens (tertiary/aromatic N) is 2. The second kappa shape index (κ2) is 10.2. The minimum Gasteiger partial charge on any atom is -0.356 e. The number of benzene rings is 1. The standard InChI is InChI=1S/C18H25ClN4O4/c1-2-4-17(24)20-10-13-5-3-8-22(11-13)12-18(25)21-14-6-7-15(19)16(9-14)23(26)27/h6-7,9,13H,2-5,8,10-12H2,1H3,(H,20,24)(H,21,25). The van der Waals surface area contributed by atoms with Crippen LogP contribution in [0.4, 0.5) is 11.4 Å². The molecule has 1 aromatic rings. The molecular formula is C18H25ClN4O4. The monoisotopic (exact) mass is 396 g/mol. The summed E-state index contributed by atoms with van der Waals surface area (Å²) < 4.78 is 0. The summed E-state index contributed by atoms with van der Waals surface area (Å²) >= 11 is 5.78. The van der Waals surface area contributed by atoms with Crippen molar-refractivity contribution in [1.82, 2.24) is 10.2 Å². The van der Waals surface area contributed by atoms with E-state index in [0.29, 0.717) is 24.6 Å². The van der Waals surface area contributed by atoms with Gasteiger partial charge in [-0.25, -0.2) is 0 Å². The van der Waals surface area contributed by atoms with E-state index < -0.39 is 4.92 Å². The molecule has 1 heterocycles. The van der Waals surface area contributed by atoms with E-state index in [0.717, 1.165) is 32.4 Å². The van der Waals surface area contributed by atoms with Crippen molar-refractivity contribution in [2.45, 2.75) is 32.6 Å². The maximum Gasteiger partial charge on any atom is 0.289 e. The van der Waals surface area contributed by atoms with Crippen molar-refractivity contribution in [3.05, 3.63) is 33.3 Å². The Balaban J connectivity index is 1.84. The smallest absolute Gasteiger partial charge is 0.289 e. The van der Waals surface area contributed by atoms with Gasteiger partial charge in [0.25, 0.3) is 5.69 Å². The Morgan fingerprint density at radius 3 is 2.85 bits per heavy atom. The molecule has 2 rings (SSSR count). The van der Waals surface area contributed by atoms with Crippen LogP contribution in [-0.2, 0) is 9.59 Å². The molecule has 1 aliphatic heterocycles. The van der Waals surface area contributed by atoms with Crippen LogP contribution in [0, 0.1) is 16.0 Å². The fourth-order valence-corrected chi connectivity index (χ4v) is 3.36. The molecule has 1 atom stereocenters. The lowest BCUT2D eigenvalue weighted by Gasteiger charge is -2.32. The fraction of sp³-hybridized carbons (Fsp3) is 0.556. The number of amides is 2. The zero-order valence-electron chi connectivity index (χ0n) is 15.4. The Kier molecular flexibility index (Phi) is 7.99. The Morgan fingerprint density at radius 1 is 1.37 bits per heavy atom. The van der Waals surface area contributed by atoms with Gasteiger partial charge in [0, 0.05) is 31.3 Å². The van der Waals surface area contributed by atoms with Crippen molar-refractivity contribution in [3.8, 4) is 0 Å². The highest BCUT2D eigenvalue weighted by atomic mass is 35.5. The molecule has 27 heavy (non-hydrogen) atoms. The van der Waals surface area contributed by atoms with Gasteiger partial charge in [0.2, 0.25) is 11.8 Å². The number of rotatable bonds is 8. The van der Waals surface area contributed by atoms with Crippen LogP contribution in [0.5, 0.6) is 0 Å². The molecule has 2 amide bonds. The maximum atomic E-state index is 12.3. The van der Waals surface area contributed by atoms with E-state index in [1.807, 2.05) is 11.8 Å². The summed E-state index contributed by atoms with van der Waals surface area (Å²) in [4.78, 5) is 36.3. The van der Waals surface area contributed by atoms with Crippen LogP contribution in [0.2, 0.25) is 5.02 Å². The number of hydrogen-bond donors (Lipinski definition) is 2. The summed E-state index contributed by atoms with van der Waals surface area (Å²) in [5.41, 5.74) is 0.104. The van der Waals surface area contributed by atoms with Crippen LogP contribution >= 0.6 is 11.6 Å². The van der Waals surface area contributed by atoms with E-state index in [4.69, 9.17) is 11.6 Å². The van der Waals surface area contributed by atoms with Crippen LogP contribution in [0.3, 0.4) is 0 Å². The van der Waals surface area contributed by atoms with Crippen LogP contribution in [-0.4, -0.2) is 47.8 Å². The molecule has 148 valence electrons. The molecule has 0 spiro atoms. The number of carbonyl (C=O) groups excluding carboxylic acids is 2. The highest BCUT2D eigenvalue weighted by Gasteiger charge is 2.22. The number of likely N-dealkylation sites (tertiary alicyclic amines) is 1. The van der Waals surface area contributed by atoms with Crippen molar-refractivity contribution in [2.75, 3.05) is 31.5 Å². The van der Waals surface area contributed by atoms with Crippen molar-refractivity contribution < 1.29 is 14.5 Å². The minimum absolute atomic E-state index is 0.0296. The summed E-state index contributed by atoms with van der Waals surface area (Å²) in [6.45, 7) is 4.35. The lowest BCUT2D eigenvalue weighted by atomic mass is 9.98. The van der Waals surface area contributed by atoms with E-state index in [-0.39, 0.29) is 29.1 Å². The van der Waals surface area contributed by atoms with E-state index in [2.05, 4.69) is 10.6 Å². The van der Waals surface area contributed by atoms with E-state index in [1.165, 1.54) is 18.2 Å². The molecule has 0 saturated carbocycles. The van der Waals surface area contributed by atoms with E-state index in [9.17, 15) is 19.7 Å². The normalized spacial score (nSPS) is 17.3. The number of nitro benzene ring substituents is 1. The zero-order chi connectivity index (χ0) is 19.8. The lowest BCUT2D eigenvalue weighted by Crippen LogP contribution is -2.43. The zero-order valence-corrected chi connectivity index (χ0v) is 16.1. The highest BCUT2D eigenvalue weighted by molar-refractivity contribution is 6.32. The number of halogens is 1. The maximum absolute atomic E-state index is 12.3. The molecule has 2 N–H and O–H groups in total. The molecule has 0 aromatic heterocycles. The van der Waals surface area contributed by atoms with Gasteiger partial charge >= 0.3 is 0 Å². The average molecular weight is 397 g/mol. The van der Waals surface area contributed by atoms with Crippen molar-refractivity contribution >= 4 is 34.8 Å². The van der Waals surface area contributed by atoms with Crippen LogP contribution in [0.15, 0.2) is 18.2 Å². The molecule has 1 saturated heterocycles. The predicted octanol–water partition coefficient (Wildman–Crippen LogP) is 2.82. The second-order valence-corrected chi connectivity index (χ2v) is 7.18. The number of anilines is 1. The van der Waals surface area contributed by atoms with Crippen LogP contribution < -0.4 is 10.6 Å². The van der Waals surface area contributed by atoms with Gasteiger partial charge in [-0.1, -0.05) is 18.5 Å². The van der Waals surface area contributed by atoms with Gasteiger partial charge in [-0.3, -0.25) is 24.6 Å². The summed E-state index contributed by atoms with van der Waals surface area (Å²) in [5, 5.41) is 16.6. The number of hydrogen-bond acceptors (Lipinski definition) is 5. The third-order valence-electron chi connectivity index (χ3n) is 4.46. The van der Waals surface area contributed by atoms with Gasteiger partial charge in [-0.15, -0.1) is 0 Å². The molecule has 0 radical (unpaired) electrons. The first-order valence-electron chi connectivity index (χ1n) is 9.12. The Bertz CT molecular complexity index is 698. The number of piperidine rings is 1.